The predicted octanol–water partition coefficient (Wildman–Crippen LogP) is 0.693. The Kier molecular flexibility index (Phi) is 8.22. The van der Waals surface area contributed by atoms with Crippen LogP contribution in [0, 0.1) is 0 Å². The number of amides is 2. The Hall–Kier alpha value is -2.17. The molecule has 0 unspecified atom stereocenters. The van der Waals surface area contributed by atoms with E-state index in [1.807, 2.05) is 0 Å². The van der Waals surface area contributed by atoms with Gasteiger partial charge in [-0.3, -0.25) is 14.5 Å². The van der Waals surface area contributed by atoms with Gasteiger partial charge >= 0.3 is 6.18 Å². The minimum atomic E-state index is -4.40. The van der Waals surface area contributed by atoms with E-state index >= 15 is 0 Å². The van der Waals surface area contributed by atoms with Crippen LogP contribution in [-0.4, -0.2) is 64.8 Å². The number of nitrogens with one attached hydrogen (secondary N) is 1. The number of carbonyl (C=O) groups excluding carboxylic acids is 2. The smallest absolute Gasteiger partial charge is 0.390 e. The molecular weight excluding hydrogens is 401 g/mol. The van der Waals surface area contributed by atoms with E-state index in [1.54, 1.807) is 37.3 Å². The number of β-amino-alcohol motifs (C(OH)–C–C–N with tert-alkyl or cyclic N) is 1. The Morgan fingerprint density at radius 1 is 1.27 bits per heavy atom. The summed E-state index contributed by atoms with van der Waals surface area (Å²) in [6.45, 7) is 1.43. The van der Waals surface area contributed by atoms with Gasteiger partial charge in [-0.1, -0.05) is 30.3 Å². The number of alkyl halides is 3. The molecule has 1 aromatic carbocycles. The van der Waals surface area contributed by atoms with Crippen molar-refractivity contribution in [2.45, 2.75) is 69.1 Å². The molecule has 1 fully saturated rings. The lowest BCUT2D eigenvalue weighted by Gasteiger charge is -2.34. The summed E-state index contributed by atoms with van der Waals surface area (Å²) in [4.78, 5) is 24.6. The van der Waals surface area contributed by atoms with Crippen LogP contribution in [0.3, 0.4) is 0 Å². The molecule has 168 valence electrons. The SMILES string of the molecule is C[C@H]1CC[C@H](C(F)(F)F)N1C[C@@H](O)[C@H](Cc1ccccc1)NC(=O)[C@@H](N)CC(N)=O. The summed E-state index contributed by atoms with van der Waals surface area (Å²) in [5.41, 5.74) is 11.5. The van der Waals surface area contributed by atoms with Gasteiger partial charge in [-0.15, -0.1) is 0 Å². The summed E-state index contributed by atoms with van der Waals surface area (Å²) >= 11 is 0. The number of primary amides is 1. The van der Waals surface area contributed by atoms with Crippen LogP contribution < -0.4 is 16.8 Å². The lowest BCUT2D eigenvalue weighted by atomic mass is 9.99. The molecule has 1 aliphatic rings. The zero-order valence-corrected chi connectivity index (χ0v) is 16.8. The van der Waals surface area contributed by atoms with Gasteiger partial charge in [0.25, 0.3) is 0 Å². The Morgan fingerprint density at radius 2 is 1.90 bits per heavy atom. The molecule has 30 heavy (non-hydrogen) atoms. The molecule has 1 saturated heterocycles. The second-order valence-electron chi connectivity index (χ2n) is 7.83. The Labute approximate surface area is 173 Å². The number of aliphatic hydroxyl groups is 1. The largest absolute Gasteiger partial charge is 0.404 e. The van der Waals surface area contributed by atoms with E-state index in [9.17, 15) is 27.9 Å². The third kappa shape index (κ3) is 6.68. The molecule has 1 heterocycles. The van der Waals surface area contributed by atoms with Gasteiger partial charge < -0.3 is 21.9 Å². The summed E-state index contributed by atoms with van der Waals surface area (Å²) < 4.78 is 40.1. The van der Waals surface area contributed by atoms with Gasteiger partial charge in [0.15, 0.2) is 0 Å². The van der Waals surface area contributed by atoms with Gasteiger partial charge in [0.2, 0.25) is 11.8 Å². The fourth-order valence-electron chi connectivity index (χ4n) is 3.79. The number of likely N-dealkylation sites (tertiary alicyclic amines) is 1. The molecule has 2 amide bonds. The maximum absolute atomic E-state index is 13.4. The van der Waals surface area contributed by atoms with E-state index in [0.717, 1.165) is 5.56 Å². The number of benzene rings is 1. The zero-order valence-electron chi connectivity index (χ0n) is 16.8. The first-order chi connectivity index (χ1) is 14.0. The van der Waals surface area contributed by atoms with E-state index in [-0.39, 0.29) is 31.8 Å². The van der Waals surface area contributed by atoms with Gasteiger partial charge in [-0.05, 0) is 31.7 Å². The number of nitrogens with two attached hydrogens (primary N) is 2. The normalized spacial score (nSPS) is 23.0. The third-order valence-electron chi connectivity index (χ3n) is 5.45. The molecule has 0 aliphatic carbocycles. The predicted molar refractivity (Wildman–Crippen MR) is 105 cm³/mol. The van der Waals surface area contributed by atoms with Crippen molar-refractivity contribution in [3.8, 4) is 0 Å². The molecular formula is C20H29F3N4O3. The Morgan fingerprint density at radius 3 is 2.47 bits per heavy atom. The van der Waals surface area contributed by atoms with E-state index in [0.29, 0.717) is 6.42 Å². The average molecular weight is 430 g/mol. The van der Waals surface area contributed by atoms with E-state index in [1.165, 1.54) is 4.90 Å². The first-order valence-corrected chi connectivity index (χ1v) is 9.87. The molecule has 10 heteroatoms. The molecule has 0 spiro atoms. The number of hydrogen-bond donors (Lipinski definition) is 4. The molecule has 0 radical (unpaired) electrons. The van der Waals surface area contributed by atoms with E-state index in [2.05, 4.69) is 5.32 Å². The summed E-state index contributed by atoms with van der Waals surface area (Å²) in [7, 11) is 0. The van der Waals surface area contributed by atoms with E-state index < -0.39 is 42.2 Å². The molecule has 5 atom stereocenters. The number of nitrogens with zero attached hydrogens (tertiary/aromatic N) is 1. The van der Waals surface area contributed by atoms with Crippen LogP contribution in [0.1, 0.15) is 31.7 Å². The van der Waals surface area contributed by atoms with Crippen molar-refractivity contribution >= 4 is 11.8 Å². The summed E-state index contributed by atoms with van der Waals surface area (Å²) in [5.74, 6) is -1.45. The van der Waals surface area contributed by atoms with Crippen LogP contribution in [0.5, 0.6) is 0 Å². The minimum absolute atomic E-state index is 0.0312. The number of halogens is 3. The molecule has 0 saturated carbocycles. The van der Waals surface area contributed by atoms with Gasteiger partial charge in [-0.25, -0.2) is 0 Å². The molecule has 0 aromatic heterocycles. The molecule has 2 rings (SSSR count). The fraction of sp³-hybridized carbons (Fsp3) is 0.600. The van der Waals surface area contributed by atoms with Crippen molar-refractivity contribution in [1.29, 1.82) is 0 Å². The third-order valence-corrected chi connectivity index (χ3v) is 5.45. The molecule has 1 aromatic rings. The van der Waals surface area contributed by atoms with Crippen LogP contribution >= 0.6 is 0 Å². The number of hydrogen-bond acceptors (Lipinski definition) is 5. The summed E-state index contributed by atoms with van der Waals surface area (Å²) in [5, 5.41) is 13.4. The number of carbonyl (C=O) groups is 2. The highest BCUT2D eigenvalue weighted by molar-refractivity contribution is 5.87. The number of rotatable bonds is 9. The highest BCUT2D eigenvalue weighted by Crippen LogP contribution is 2.36. The molecule has 1 aliphatic heterocycles. The quantitative estimate of drug-likeness (QED) is 0.459. The summed E-state index contributed by atoms with van der Waals surface area (Å²) in [6, 6.07) is 4.85. The van der Waals surface area contributed by atoms with Crippen molar-refractivity contribution in [2.24, 2.45) is 11.5 Å². The first kappa shape index (κ1) is 24.1. The lowest BCUT2D eigenvalue weighted by molar-refractivity contribution is -0.182. The molecule has 6 N–H and O–H groups in total. The molecule has 0 bridgehead atoms. The van der Waals surface area contributed by atoms with Gasteiger partial charge in [0.1, 0.15) is 6.04 Å². The van der Waals surface area contributed by atoms with Crippen molar-refractivity contribution < 1.29 is 27.9 Å². The lowest BCUT2D eigenvalue weighted by Crippen LogP contribution is -2.56. The molecule has 7 nitrogen and oxygen atoms in total. The maximum atomic E-state index is 13.4. The zero-order chi connectivity index (χ0) is 22.5. The van der Waals surface area contributed by atoms with Crippen LogP contribution in [0.25, 0.3) is 0 Å². The second-order valence-corrected chi connectivity index (χ2v) is 7.83. The van der Waals surface area contributed by atoms with Gasteiger partial charge in [0, 0.05) is 12.6 Å². The van der Waals surface area contributed by atoms with Crippen molar-refractivity contribution in [2.75, 3.05) is 6.54 Å². The van der Waals surface area contributed by atoms with Gasteiger partial charge in [-0.2, -0.15) is 13.2 Å². The maximum Gasteiger partial charge on any atom is 0.404 e. The van der Waals surface area contributed by atoms with Crippen LogP contribution in [-0.2, 0) is 16.0 Å². The highest BCUT2D eigenvalue weighted by Gasteiger charge is 2.49. The highest BCUT2D eigenvalue weighted by atomic mass is 19.4. The van der Waals surface area contributed by atoms with Crippen molar-refractivity contribution in [3.63, 3.8) is 0 Å². The summed E-state index contributed by atoms with van der Waals surface area (Å²) in [6.07, 6.45) is -5.52. The topological polar surface area (TPSA) is 122 Å². The number of aliphatic hydroxyl groups excluding tert-OH is 1. The van der Waals surface area contributed by atoms with Crippen molar-refractivity contribution in [3.05, 3.63) is 35.9 Å². The first-order valence-electron chi connectivity index (χ1n) is 9.87. The van der Waals surface area contributed by atoms with Gasteiger partial charge in [0.05, 0.1) is 24.6 Å². The standard InChI is InChI=1S/C20H29F3N4O3/c1-12-7-8-17(20(21,22)23)27(12)11-16(28)15(9-13-5-3-2-4-6-13)26-19(30)14(24)10-18(25)29/h2-6,12,14-17,28H,7-11,24H2,1H3,(H2,25,29)(H,26,30)/t12-,14-,15-,16+,17+/m0/s1. The van der Waals surface area contributed by atoms with Crippen LogP contribution in [0.4, 0.5) is 13.2 Å². The van der Waals surface area contributed by atoms with Crippen LogP contribution in [0.15, 0.2) is 30.3 Å². The average Bonchev–Trinajstić information content (AvgIpc) is 3.02. The second kappa shape index (κ2) is 10.2. The monoisotopic (exact) mass is 430 g/mol. The fourth-order valence-corrected chi connectivity index (χ4v) is 3.79. The minimum Gasteiger partial charge on any atom is -0.390 e. The Balaban J connectivity index is 2.15. The van der Waals surface area contributed by atoms with E-state index in [4.69, 9.17) is 11.5 Å². The van der Waals surface area contributed by atoms with Crippen molar-refractivity contribution in [1.82, 2.24) is 10.2 Å². The Bertz CT molecular complexity index is 717. The van der Waals surface area contributed by atoms with Crippen LogP contribution in [0.2, 0.25) is 0 Å².